The monoisotopic (exact) mass is 831 g/mol. The third-order valence-corrected chi connectivity index (χ3v) is 15.2. The zero-order chi connectivity index (χ0) is 42.3. The number of carbonyl (C=O) groups excluding carboxylic acids is 2. The molecule has 0 aliphatic heterocycles. The van der Waals surface area contributed by atoms with E-state index in [-0.39, 0.29) is 11.6 Å². The Morgan fingerprint density at radius 2 is 1.23 bits per heavy atom. The summed E-state index contributed by atoms with van der Waals surface area (Å²) in [5.74, 6) is 4.33. The fourth-order valence-electron chi connectivity index (χ4n) is 10.5. The number of unbranched alkanes of at least 4 members (excludes halogenated alkanes) is 3. The fourth-order valence-corrected chi connectivity index (χ4v) is 11.5. The molecular formula is C56H65NO3S. The van der Waals surface area contributed by atoms with E-state index in [2.05, 4.69) is 93.7 Å². The first kappa shape index (κ1) is 43.1. The van der Waals surface area contributed by atoms with Crippen molar-refractivity contribution in [3.8, 4) is 16.9 Å². The van der Waals surface area contributed by atoms with Crippen LogP contribution in [0.5, 0.6) is 5.75 Å². The molecule has 0 amide bonds. The first-order valence-corrected chi connectivity index (χ1v) is 24.3. The predicted molar refractivity (Wildman–Crippen MR) is 254 cm³/mol. The minimum atomic E-state index is -0.128. The number of fused-ring (bicyclic) bond motifs is 2. The van der Waals surface area contributed by atoms with Crippen molar-refractivity contribution in [1.29, 1.82) is 0 Å². The van der Waals surface area contributed by atoms with E-state index in [1.54, 1.807) is 12.1 Å². The van der Waals surface area contributed by atoms with Crippen LogP contribution >= 0.6 is 11.8 Å². The van der Waals surface area contributed by atoms with E-state index in [1.807, 2.05) is 24.3 Å². The third kappa shape index (κ3) is 10.0. The Kier molecular flexibility index (Phi) is 14.2. The van der Waals surface area contributed by atoms with Crippen LogP contribution in [0.4, 0.5) is 11.4 Å². The molecule has 0 bridgehead atoms. The van der Waals surface area contributed by atoms with Crippen molar-refractivity contribution in [2.45, 2.75) is 134 Å². The molecule has 0 aromatic heterocycles. The Labute approximate surface area is 369 Å². The van der Waals surface area contributed by atoms with Gasteiger partial charge in [-0.3, -0.25) is 9.59 Å². The number of carbonyl (C=O) groups is 2. The first-order valence-electron chi connectivity index (χ1n) is 23.5. The SMILES string of the molecule is CCCCCC1CCC(C2CCC(COc3c(C)cc(-c4ccc(Sc5ccc(Nc6ccc(CCCC)cc6)c6c5C(=O)c5ccccc5C6=O)cc4)cc3C)CC2)CC1. The van der Waals surface area contributed by atoms with Gasteiger partial charge in [-0.25, -0.2) is 0 Å². The molecule has 2 fully saturated rings. The second kappa shape index (κ2) is 20.1. The van der Waals surface area contributed by atoms with Crippen LogP contribution < -0.4 is 10.1 Å². The van der Waals surface area contributed by atoms with Crippen molar-refractivity contribution in [1.82, 2.24) is 0 Å². The molecule has 318 valence electrons. The van der Waals surface area contributed by atoms with Gasteiger partial charge in [0.2, 0.25) is 0 Å². The zero-order valence-electron chi connectivity index (χ0n) is 37.0. The largest absolute Gasteiger partial charge is 0.493 e. The van der Waals surface area contributed by atoms with Gasteiger partial charge in [-0.05, 0) is 165 Å². The summed E-state index contributed by atoms with van der Waals surface area (Å²) >= 11 is 1.53. The average Bonchev–Trinajstić information content (AvgIpc) is 3.29. The van der Waals surface area contributed by atoms with Gasteiger partial charge in [0.1, 0.15) is 5.75 Å². The van der Waals surface area contributed by atoms with Crippen molar-refractivity contribution in [3.05, 3.63) is 136 Å². The summed E-state index contributed by atoms with van der Waals surface area (Å²) in [4.78, 5) is 30.1. The molecule has 3 aliphatic rings. The molecule has 5 heteroatoms. The van der Waals surface area contributed by atoms with E-state index in [0.29, 0.717) is 33.9 Å². The Morgan fingerprint density at radius 1 is 0.623 bits per heavy atom. The molecule has 0 saturated heterocycles. The predicted octanol–water partition coefficient (Wildman–Crippen LogP) is 15.6. The van der Waals surface area contributed by atoms with E-state index in [1.165, 1.54) is 111 Å². The molecule has 1 N–H and O–H groups in total. The smallest absolute Gasteiger partial charge is 0.196 e. The molecule has 5 aromatic carbocycles. The maximum absolute atomic E-state index is 14.2. The molecule has 0 radical (unpaired) electrons. The number of hydrogen-bond acceptors (Lipinski definition) is 5. The third-order valence-electron chi connectivity index (χ3n) is 14.1. The Balaban J connectivity index is 0.911. The lowest BCUT2D eigenvalue weighted by molar-refractivity contribution is 0.0977. The number of benzene rings is 5. The summed E-state index contributed by atoms with van der Waals surface area (Å²) in [7, 11) is 0. The van der Waals surface area contributed by atoms with Crippen LogP contribution in [0.15, 0.2) is 107 Å². The number of anilines is 2. The van der Waals surface area contributed by atoms with E-state index >= 15 is 0 Å². The highest BCUT2D eigenvalue weighted by Crippen LogP contribution is 2.44. The van der Waals surface area contributed by atoms with Crippen molar-refractivity contribution in [2.24, 2.45) is 23.7 Å². The van der Waals surface area contributed by atoms with Gasteiger partial charge in [-0.2, -0.15) is 0 Å². The number of aryl methyl sites for hydroxylation is 3. The van der Waals surface area contributed by atoms with Crippen LogP contribution in [0.2, 0.25) is 0 Å². The Morgan fingerprint density at radius 3 is 1.85 bits per heavy atom. The van der Waals surface area contributed by atoms with E-state index in [9.17, 15) is 9.59 Å². The highest BCUT2D eigenvalue weighted by molar-refractivity contribution is 7.99. The number of ether oxygens (including phenoxy) is 1. The fraction of sp³-hybridized carbons (Fsp3) is 0.429. The number of rotatable bonds is 16. The van der Waals surface area contributed by atoms with Gasteiger partial charge in [0.25, 0.3) is 0 Å². The minimum absolute atomic E-state index is 0.116. The van der Waals surface area contributed by atoms with Crippen LogP contribution in [-0.4, -0.2) is 18.2 Å². The lowest BCUT2D eigenvalue weighted by Gasteiger charge is -2.38. The van der Waals surface area contributed by atoms with Gasteiger partial charge < -0.3 is 10.1 Å². The summed E-state index contributed by atoms with van der Waals surface area (Å²) in [6, 6.07) is 32.5. The van der Waals surface area contributed by atoms with Crippen LogP contribution in [0, 0.1) is 37.5 Å². The molecule has 0 heterocycles. The summed E-state index contributed by atoms with van der Waals surface area (Å²) in [6.07, 6.45) is 20.2. The highest BCUT2D eigenvalue weighted by Gasteiger charge is 2.35. The quantitative estimate of drug-likeness (QED) is 0.0985. The molecule has 8 rings (SSSR count). The second-order valence-electron chi connectivity index (χ2n) is 18.4. The van der Waals surface area contributed by atoms with Crippen molar-refractivity contribution < 1.29 is 14.3 Å². The van der Waals surface area contributed by atoms with Gasteiger partial charge in [-0.1, -0.05) is 119 Å². The Hall–Kier alpha value is -4.61. The van der Waals surface area contributed by atoms with Gasteiger partial charge in [0.15, 0.2) is 11.6 Å². The topological polar surface area (TPSA) is 55.4 Å². The summed E-state index contributed by atoms with van der Waals surface area (Å²) < 4.78 is 6.61. The van der Waals surface area contributed by atoms with Gasteiger partial charge in [0.05, 0.1) is 17.9 Å². The van der Waals surface area contributed by atoms with Gasteiger partial charge >= 0.3 is 0 Å². The lowest BCUT2D eigenvalue weighted by atomic mass is 9.69. The van der Waals surface area contributed by atoms with Crippen LogP contribution in [0.25, 0.3) is 11.1 Å². The molecule has 0 spiro atoms. The molecule has 0 unspecified atom stereocenters. The highest BCUT2D eigenvalue weighted by atomic mass is 32.2. The number of nitrogens with one attached hydrogen (secondary N) is 1. The van der Waals surface area contributed by atoms with E-state index in [0.717, 1.165) is 70.4 Å². The number of hydrogen-bond donors (Lipinski definition) is 1. The zero-order valence-corrected chi connectivity index (χ0v) is 37.8. The van der Waals surface area contributed by atoms with Crippen LogP contribution in [0.1, 0.15) is 152 Å². The molecule has 0 atom stereocenters. The Bertz CT molecular complexity index is 2270. The molecule has 3 aliphatic carbocycles. The normalized spacial score (nSPS) is 19.9. The summed E-state index contributed by atoms with van der Waals surface area (Å²) in [6.45, 7) is 9.68. The van der Waals surface area contributed by atoms with E-state index < -0.39 is 0 Å². The van der Waals surface area contributed by atoms with Gasteiger partial charge in [-0.15, -0.1) is 0 Å². The molecular weight excluding hydrogens is 767 g/mol. The summed E-state index contributed by atoms with van der Waals surface area (Å²) in [5.41, 5.74) is 9.30. The molecule has 5 aromatic rings. The van der Waals surface area contributed by atoms with Crippen molar-refractivity contribution in [2.75, 3.05) is 11.9 Å². The average molecular weight is 832 g/mol. The van der Waals surface area contributed by atoms with Crippen molar-refractivity contribution in [3.63, 3.8) is 0 Å². The maximum Gasteiger partial charge on any atom is 0.196 e. The van der Waals surface area contributed by atoms with Crippen LogP contribution in [-0.2, 0) is 6.42 Å². The lowest BCUT2D eigenvalue weighted by Crippen LogP contribution is -2.27. The molecule has 4 nitrogen and oxygen atoms in total. The maximum atomic E-state index is 14.2. The van der Waals surface area contributed by atoms with Crippen molar-refractivity contribution >= 4 is 34.7 Å². The minimum Gasteiger partial charge on any atom is -0.493 e. The molecule has 61 heavy (non-hydrogen) atoms. The second-order valence-corrected chi connectivity index (χ2v) is 19.5. The van der Waals surface area contributed by atoms with Crippen LogP contribution in [0.3, 0.4) is 0 Å². The standard InChI is InChI=1S/C56H65NO3S/c1-5-7-9-13-40-16-22-42(23-17-40)43-24-18-41(19-25-43)36-60-56-37(3)34-45(35-38(56)4)44-26-30-47(31-27-44)61-51-33-32-50(57-46-28-20-39(21-29-46)12-8-6-2)52-53(51)55(59)49-15-11-10-14-48(49)54(52)58/h10-11,14-15,20-21,26-35,40-43,57H,5-9,12-13,16-19,22-25,36H2,1-4H3. The first-order chi connectivity index (χ1) is 29.8. The molecule has 2 saturated carbocycles. The number of ketones is 2. The summed E-state index contributed by atoms with van der Waals surface area (Å²) in [5, 5.41) is 3.48. The van der Waals surface area contributed by atoms with Gasteiger partial charge in [0, 0.05) is 32.2 Å². The van der Waals surface area contributed by atoms with E-state index in [4.69, 9.17) is 4.74 Å².